The van der Waals surface area contributed by atoms with Crippen LogP contribution in [-0.4, -0.2) is 24.2 Å². The lowest BCUT2D eigenvalue weighted by molar-refractivity contribution is 0.412. The van der Waals surface area contributed by atoms with Crippen molar-refractivity contribution in [3.63, 3.8) is 0 Å². The first-order valence-corrected chi connectivity index (χ1v) is 7.66. The molecule has 0 amide bonds. The molecule has 0 atom stereocenters. The number of hydrogen-bond acceptors (Lipinski definition) is 4. The number of aryl methyl sites for hydroxylation is 2. The van der Waals surface area contributed by atoms with E-state index in [4.69, 9.17) is 19.4 Å². The van der Waals surface area contributed by atoms with Crippen molar-refractivity contribution in [2.45, 2.75) is 20.3 Å². The minimum atomic E-state index is 0.730. The van der Waals surface area contributed by atoms with E-state index < -0.39 is 0 Å². The summed E-state index contributed by atoms with van der Waals surface area (Å²) in [6, 6.07) is 11.8. The van der Waals surface area contributed by atoms with Crippen molar-refractivity contribution >= 4 is 10.9 Å². The first-order valence-electron chi connectivity index (χ1n) is 7.66. The van der Waals surface area contributed by atoms with Gasteiger partial charge in [0.05, 0.1) is 25.4 Å². The number of nitrogens with zero attached hydrogens (tertiary/aromatic N) is 2. The van der Waals surface area contributed by atoms with E-state index in [1.165, 1.54) is 0 Å². The summed E-state index contributed by atoms with van der Waals surface area (Å²) in [7, 11) is 3.34. The quantitative estimate of drug-likeness (QED) is 0.725. The zero-order chi connectivity index (χ0) is 16.4. The van der Waals surface area contributed by atoms with Gasteiger partial charge < -0.3 is 9.47 Å². The SMILES string of the molecule is CCc1nc(-c2ccc(OC)cc2)nc2c(C)c(OC)ccc12. The van der Waals surface area contributed by atoms with Crippen LogP contribution in [0.4, 0.5) is 0 Å². The smallest absolute Gasteiger partial charge is 0.160 e. The molecule has 4 nitrogen and oxygen atoms in total. The number of methoxy groups -OCH3 is 2. The van der Waals surface area contributed by atoms with E-state index in [0.717, 1.165) is 51.5 Å². The highest BCUT2D eigenvalue weighted by molar-refractivity contribution is 5.87. The number of rotatable bonds is 4. The molecule has 0 N–H and O–H groups in total. The highest BCUT2D eigenvalue weighted by Crippen LogP contribution is 2.30. The van der Waals surface area contributed by atoms with Gasteiger partial charge in [0.1, 0.15) is 11.5 Å². The second-order valence-corrected chi connectivity index (χ2v) is 5.36. The molecule has 1 heterocycles. The number of benzene rings is 2. The Balaban J connectivity index is 2.22. The lowest BCUT2D eigenvalue weighted by Gasteiger charge is -2.12. The third kappa shape index (κ3) is 2.72. The Morgan fingerprint density at radius 1 is 0.913 bits per heavy atom. The van der Waals surface area contributed by atoms with Crippen LogP contribution in [0.25, 0.3) is 22.3 Å². The monoisotopic (exact) mass is 308 g/mol. The third-order valence-electron chi connectivity index (χ3n) is 4.05. The molecule has 4 heteroatoms. The van der Waals surface area contributed by atoms with Crippen LogP contribution in [0.5, 0.6) is 11.5 Å². The molecule has 0 aliphatic heterocycles. The van der Waals surface area contributed by atoms with E-state index in [9.17, 15) is 0 Å². The minimum Gasteiger partial charge on any atom is -0.497 e. The molecule has 0 radical (unpaired) electrons. The van der Waals surface area contributed by atoms with Crippen LogP contribution in [0.3, 0.4) is 0 Å². The largest absolute Gasteiger partial charge is 0.497 e. The van der Waals surface area contributed by atoms with E-state index in [1.54, 1.807) is 14.2 Å². The molecule has 1 aromatic heterocycles. The molecule has 2 aromatic carbocycles. The van der Waals surface area contributed by atoms with Crippen molar-refractivity contribution < 1.29 is 9.47 Å². The van der Waals surface area contributed by atoms with Crippen LogP contribution in [0.2, 0.25) is 0 Å². The van der Waals surface area contributed by atoms with Gasteiger partial charge in [-0.1, -0.05) is 6.92 Å². The highest BCUT2D eigenvalue weighted by Gasteiger charge is 2.12. The third-order valence-corrected chi connectivity index (χ3v) is 4.05. The fourth-order valence-electron chi connectivity index (χ4n) is 2.74. The summed E-state index contributed by atoms with van der Waals surface area (Å²) in [5, 5.41) is 1.09. The highest BCUT2D eigenvalue weighted by atomic mass is 16.5. The van der Waals surface area contributed by atoms with E-state index in [0.29, 0.717) is 0 Å². The first-order chi connectivity index (χ1) is 11.2. The van der Waals surface area contributed by atoms with Gasteiger partial charge in [0.2, 0.25) is 0 Å². The van der Waals surface area contributed by atoms with Crippen LogP contribution in [0, 0.1) is 6.92 Å². The summed E-state index contributed by atoms with van der Waals surface area (Å²) in [5.41, 5.74) is 4.01. The molecular formula is C19H20N2O2. The maximum atomic E-state index is 5.43. The molecule has 0 fully saturated rings. The molecular weight excluding hydrogens is 288 g/mol. The zero-order valence-electron chi connectivity index (χ0n) is 13.9. The van der Waals surface area contributed by atoms with Crippen LogP contribution >= 0.6 is 0 Å². The normalized spacial score (nSPS) is 10.8. The van der Waals surface area contributed by atoms with Crippen LogP contribution < -0.4 is 9.47 Å². The van der Waals surface area contributed by atoms with Crippen molar-refractivity contribution in [3.05, 3.63) is 47.7 Å². The van der Waals surface area contributed by atoms with Crippen molar-refractivity contribution in [2.75, 3.05) is 14.2 Å². The van der Waals surface area contributed by atoms with E-state index in [1.807, 2.05) is 43.3 Å². The molecule has 0 unspecified atom stereocenters. The summed E-state index contributed by atoms with van der Waals surface area (Å²) in [6.07, 6.45) is 0.855. The van der Waals surface area contributed by atoms with Crippen molar-refractivity contribution in [1.82, 2.24) is 9.97 Å². The van der Waals surface area contributed by atoms with Gasteiger partial charge in [0, 0.05) is 16.5 Å². The summed E-state index contributed by atoms with van der Waals surface area (Å²) < 4.78 is 10.6. The lowest BCUT2D eigenvalue weighted by Crippen LogP contribution is -2.00. The van der Waals surface area contributed by atoms with Gasteiger partial charge in [-0.25, -0.2) is 9.97 Å². The Labute approximate surface area is 136 Å². The van der Waals surface area contributed by atoms with E-state index in [-0.39, 0.29) is 0 Å². The molecule has 0 spiro atoms. The number of aromatic nitrogens is 2. The molecule has 0 aliphatic carbocycles. The maximum absolute atomic E-state index is 5.43. The summed E-state index contributed by atoms with van der Waals surface area (Å²) >= 11 is 0. The Morgan fingerprint density at radius 3 is 2.26 bits per heavy atom. The van der Waals surface area contributed by atoms with Gasteiger partial charge in [-0.15, -0.1) is 0 Å². The van der Waals surface area contributed by atoms with Crippen molar-refractivity contribution in [2.24, 2.45) is 0 Å². The molecule has 23 heavy (non-hydrogen) atoms. The predicted molar refractivity (Wildman–Crippen MR) is 92.2 cm³/mol. The van der Waals surface area contributed by atoms with Gasteiger partial charge in [-0.2, -0.15) is 0 Å². The molecule has 0 aliphatic rings. The van der Waals surface area contributed by atoms with Gasteiger partial charge in [0.25, 0.3) is 0 Å². The van der Waals surface area contributed by atoms with Gasteiger partial charge in [-0.3, -0.25) is 0 Å². The van der Waals surface area contributed by atoms with E-state index >= 15 is 0 Å². The maximum Gasteiger partial charge on any atom is 0.160 e. The van der Waals surface area contributed by atoms with Crippen LogP contribution in [0.15, 0.2) is 36.4 Å². The molecule has 118 valence electrons. The topological polar surface area (TPSA) is 44.2 Å². The molecule has 3 rings (SSSR count). The average Bonchev–Trinajstić information content (AvgIpc) is 2.61. The second kappa shape index (κ2) is 6.24. The van der Waals surface area contributed by atoms with Gasteiger partial charge in [0.15, 0.2) is 5.82 Å². The molecule has 0 saturated heterocycles. The second-order valence-electron chi connectivity index (χ2n) is 5.36. The molecule has 3 aromatic rings. The lowest BCUT2D eigenvalue weighted by atomic mass is 10.1. The Hall–Kier alpha value is -2.62. The Kier molecular flexibility index (Phi) is 4.15. The number of ether oxygens (including phenoxy) is 2. The average molecular weight is 308 g/mol. The molecule has 0 saturated carbocycles. The van der Waals surface area contributed by atoms with Crippen molar-refractivity contribution in [3.8, 4) is 22.9 Å². The summed E-state index contributed by atoms with van der Waals surface area (Å²) in [4.78, 5) is 9.53. The predicted octanol–water partition coefficient (Wildman–Crippen LogP) is 4.18. The fourth-order valence-corrected chi connectivity index (χ4v) is 2.74. The van der Waals surface area contributed by atoms with Gasteiger partial charge in [-0.05, 0) is 49.7 Å². The number of hydrogen-bond donors (Lipinski definition) is 0. The fraction of sp³-hybridized carbons (Fsp3) is 0.263. The number of fused-ring (bicyclic) bond motifs is 1. The first kappa shape index (κ1) is 15.3. The molecule has 0 bridgehead atoms. The Bertz CT molecular complexity index is 842. The summed E-state index contributed by atoms with van der Waals surface area (Å²) in [6.45, 7) is 4.14. The van der Waals surface area contributed by atoms with Gasteiger partial charge >= 0.3 is 0 Å². The minimum absolute atomic E-state index is 0.730. The van der Waals surface area contributed by atoms with Crippen molar-refractivity contribution in [1.29, 1.82) is 0 Å². The Morgan fingerprint density at radius 2 is 1.65 bits per heavy atom. The zero-order valence-corrected chi connectivity index (χ0v) is 13.9. The van der Waals surface area contributed by atoms with Crippen LogP contribution in [0.1, 0.15) is 18.2 Å². The van der Waals surface area contributed by atoms with Crippen LogP contribution in [-0.2, 0) is 6.42 Å². The summed E-state index contributed by atoms with van der Waals surface area (Å²) in [5.74, 6) is 2.40. The van der Waals surface area contributed by atoms with E-state index in [2.05, 4.69) is 6.92 Å². The standard InChI is InChI=1S/C19H20N2O2/c1-5-16-15-10-11-17(23-4)12(2)18(15)21-19(20-16)13-6-8-14(22-3)9-7-13/h6-11H,5H2,1-4H3.